The van der Waals surface area contributed by atoms with E-state index in [2.05, 4.69) is 10.6 Å². The summed E-state index contributed by atoms with van der Waals surface area (Å²) in [5, 5.41) is 14.1. The molecule has 0 saturated carbocycles. The van der Waals surface area contributed by atoms with Crippen molar-refractivity contribution in [3.63, 3.8) is 0 Å². The highest BCUT2D eigenvalue weighted by atomic mass is 16.5. The van der Waals surface area contributed by atoms with Crippen LogP contribution in [0.1, 0.15) is 0 Å². The van der Waals surface area contributed by atoms with Crippen LogP contribution in [0.2, 0.25) is 0 Å². The van der Waals surface area contributed by atoms with Gasteiger partial charge in [0, 0.05) is 12.2 Å². The van der Waals surface area contributed by atoms with Crippen LogP contribution in [0.25, 0.3) is 0 Å². The lowest BCUT2D eigenvalue weighted by atomic mass is 10.2. The molecule has 8 nitrogen and oxygen atoms in total. The van der Waals surface area contributed by atoms with Gasteiger partial charge in [-0.15, -0.1) is 0 Å². The Kier molecular flexibility index (Phi) is 4.27. The predicted molar refractivity (Wildman–Crippen MR) is 73.2 cm³/mol. The molecule has 1 saturated heterocycles. The first kappa shape index (κ1) is 14.6. The van der Waals surface area contributed by atoms with Gasteiger partial charge in [0.2, 0.25) is 5.91 Å². The number of ether oxygens (including phenoxy) is 1. The van der Waals surface area contributed by atoms with E-state index in [4.69, 9.17) is 9.84 Å². The smallest absolute Gasteiger partial charge is 0.328 e. The SMILES string of the molecule is COc1ccc(NC(=O)N2CC(=O)NCC2C(=O)O)cc1. The molecule has 0 aromatic heterocycles. The lowest BCUT2D eigenvalue weighted by molar-refractivity contribution is -0.144. The zero-order chi connectivity index (χ0) is 15.4. The van der Waals surface area contributed by atoms with Crippen LogP contribution in [0.3, 0.4) is 0 Å². The first-order chi connectivity index (χ1) is 10.0. The molecule has 1 aromatic rings. The summed E-state index contributed by atoms with van der Waals surface area (Å²) in [7, 11) is 1.53. The van der Waals surface area contributed by atoms with Gasteiger partial charge in [-0.25, -0.2) is 9.59 Å². The van der Waals surface area contributed by atoms with Crippen LogP contribution in [0.5, 0.6) is 5.75 Å². The van der Waals surface area contributed by atoms with Gasteiger partial charge in [-0.3, -0.25) is 9.69 Å². The molecule has 8 heteroatoms. The molecule has 0 aliphatic carbocycles. The van der Waals surface area contributed by atoms with Crippen molar-refractivity contribution < 1.29 is 24.2 Å². The molecule has 1 unspecified atom stereocenters. The van der Waals surface area contributed by atoms with Gasteiger partial charge in [-0.05, 0) is 24.3 Å². The number of amides is 3. The van der Waals surface area contributed by atoms with Crippen molar-refractivity contribution in [1.29, 1.82) is 0 Å². The number of anilines is 1. The second-order valence-corrected chi connectivity index (χ2v) is 4.44. The van der Waals surface area contributed by atoms with Crippen molar-refractivity contribution >= 4 is 23.6 Å². The number of aliphatic carboxylic acids is 1. The van der Waals surface area contributed by atoms with Crippen LogP contribution < -0.4 is 15.4 Å². The van der Waals surface area contributed by atoms with Crippen LogP contribution in [0, 0.1) is 0 Å². The number of methoxy groups -OCH3 is 1. The molecule has 21 heavy (non-hydrogen) atoms. The topological polar surface area (TPSA) is 108 Å². The third-order valence-corrected chi connectivity index (χ3v) is 3.07. The summed E-state index contributed by atoms with van der Waals surface area (Å²) in [6, 6.07) is 4.84. The Labute approximate surface area is 120 Å². The summed E-state index contributed by atoms with van der Waals surface area (Å²) >= 11 is 0. The van der Waals surface area contributed by atoms with E-state index in [1.54, 1.807) is 24.3 Å². The highest BCUT2D eigenvalue weighted by molar-refractivity contribution is 5.96. The van der Waals surface area contributed by atoms with Gasteiger partial charge in [-0.2, -0.15) is 0 Å². The molecule has 1 atom stereocenters. The minimum atomic E-state index is -1.17. The standard InChI is InChI=1S/C13H15N3O5/c1-21-9-4-2-8(3-5-9)15-13(20)16-7-11(17)14-6-10(16)12(18)19/h2-5,10H,6-7H2,1H3,(H,14,17)(H,15,20)(H,18,19). The van der Waals surface area contributed by atoms with Crippen molar-refractivity contribution in [2.75, 3.05) is 25.5 Å². The molecular formula is C13H15N3O5. The Hall–Kier alpha value is -2.77. The van der Waals surface area contributed by atoms with E-state index in [1.807, 2.05) is 0 Å². The Morgan fingerprint density at radius 1 is 1.38 bits per heavy atom. The van der Waals surface area contributed by atoms with E-state index < -0.39 is 23.9 Å². The lowest BCUT2D eigenvalue weighted by Gasteiger charge is -2.32. The molecule has 1 aliphatic heterocycles. The fourth-order valence-corrected chi connectivity index (χ4v) is 1.95. The number of urea groups is 1. The van der Waals surface area contributed by atoms with E-state index in [0.717, 1.165) is 4.90 Å². The third kappa shape index (κ3) is 3.41. The van der Waals surface area contributed by atoms with E-state index in [9.17, 15) is 14.4 Å². The first-order valence-corrected chi connectivity index (χ1v) is 6.22. The van der Waals surface area contributed by atoms with Gasteiger partial charge in [0.05, 0.1) is 7.11 Å². The molecule has 1 heterocycles. The fraction of sp³-hybridized carbons (Fsp3) is 0.308. The average molecular weight is 293 g/mol. The Morgan fingerprint density at radius 3 is 2.62 bits per heavy atom. The number of carbonyl (C=O) groups excluding carboxylic acids is 2. The van der Waals surface area contributed by atoms with E-state index in [-0.39, 0.29) is 13.1 Å². The summed E-state index contributed by atoms with van der Waals surface area (Å²) in [6.07, 6.45) is 0. The molecule has 1 aliphatic rings. The fourth-order valence-electron chi connectivity index (χ4n) is 1.95. The zero-order valence-electron chi connectivity index (χ0n) is 11.3. The summed E-state index contributed by atoms with van der Waals surface area (Å²) in [6.45, 7) is -0.400. The molecule has 3 amide bonds. The average Bonchev–Trinajstić information content (AvgIpc) is 2.47. The van der Waals surface area contributed by atoms with Crippen LogP contribution in [0.15, 0.2) is 24.3 Å². The van der Waals surface area contributed by atoms with Gasteiger partial charge in [0.1, 0.15) is 18.3 Å². The van der Waals surface area contributed by atoms with Crippen LogP contribution >= 0.6 is 0 Å². The highest BCUT2D eigenvalue weighted by Crippen LogP contribution is 2.16. The first-order valence-electron chi connectivity index (χ1n) is 6.22. The van der Waals surface area contributed by atoms with Crippen molar-refractivity contribution in [2.24, 2.45) is 0 Å². The Bertz CT molecular complexity index is 557. The Morgan fingerprint density at radius 2 is 2.05 bits per heavy atom. The summed E-state index contributed by atoms with van der Waals surface area (Å²) in [4.78, 5) is 35.6. The largest absolute Gasteiger partial charge is 0.497 e. The maximum atomic E-state index is 12.1. The second kappa shape index (κ2) is 6.12. The molecular weight excluding hydrogens is 278 g/mol. The molecule has 1 aromatic carbocycles. The van der Waals surface area contributed by atoms with Crippen LogP contribution in [-0.4, -0.2) is 54.2 Å². The summed E-state index contributed by atoms with van der Waals surface area (Å²) in [5.41, 5.74) is 0.482. The second-order valence-electron chi connectivity index (χ2n) is 4.44. The van der Waals surface area contributed by atoms with Crippen molar-refractivity contribution in [1.82, 2.24) is 10.2 Å². The number of benzene rings is 1. The van der Waals surface area contributed by atoms with Crippen molar-refractivity contribution in [3.05, 3.63) is 24.3 Å². The molecule has 2 rings (SSSR count). The third-order valence-electron chi connectivity index (χ3n) is 3.07. The predicted octanol–water partition coefficient (Wildman–Crippen LogP) is 0.112. The summed E-state index contributed by atoms with van der Waals surface area (Å²) < 4.78 is 5.00. The van der Waals surface area contributed by atoms with E-state index >= 15 is 0 Å². The number of hydrogen-bond donors (Lipinski definition) is 3. The molecule has 1 fully saturated rings. The Balaban J connectivity index is 2.08. The lowest BCUT2D eigenvalue weighted by Crippen LogP contribution is -2.60. The maximum Gasteiger partial charge on any atom is 0.328 e. The number of nitrogens with one attached hydrogen (secondary N) is 2. The van der Waals surface area contributed by atoms with Gasteiger partial charge in [0.15, 0.2) is 0 Å². The highest BCUT2D eigenvalue weighted by Gasteiger charge is 2.35. The van der Waals surface area contributed by atoms with Crippen molar-refractivity contribution in [2.45, 2.75) is 6.04 Å². The minimum absolute atomic E-state index is 0.107. The quantitative estimate of drug-likeness (QED) is 0.733. The molecule has 0 radical (unpaired) electrons. The number of carboxylic acid groups (broad SMARTS) is 1. The zero-order valence-corrected chi connectivity index (χ0v) is 11.3. The van der Waals surface area contributed by atoms with E-state index in [1.165, 1.54) is 7.11 Å². The van der Waals surface area contributed by atoms with E-state index in [0.29, 0.717) is 11.4 Å². The van der Waals surface area contributed by atoms with Gasteiger partial charge >= 0.3 is 12.0 Å². The van der Waals surface area contributed by atoms with Gasteiger partial charge < -0.3 is 20.5 Å². The number of hydrogen-bond acceptors (Lipinski definition) is 4. The monoisotopic (exact) mass is 293 g/mol. The summed E-state index contributed by atoms with van der Waals surface area (Å²) in [5.74, 6) is -0.925. The van der Waals surface area contributed by atoms with Crippen molar-refractivity contribution in [3.8, 4) is 5.75 Å². The van der Waals surface area contributed by atoms with Gasteiger partial charge in [0.25, 0.3) is 0 Å². The number of piperazine rings is 1. The number of carbonyl (C=O) groups is 3. The number of nitrogens with zero attached hydrogens (tertiary/aromatic N) is 1. The van der Waals surface area contributed by atoms with Crippen LogP contribution in [0.4, 0.5) is 10.5 Å². The van der Waals surface area contributed by atoms with Crippen LogP contribution in [-0.2, 0) is 9.59 Å². The normalized spacial score (nSPS) is 17.9. The molecule has 0 spiro atoms. The van der Waals surface area contributed by atoms with Gasteiger partial charge in [-0.1, -0.05) is 0 Å². The molecule has 3 N–H and O–H groups in total. The number of carboxylic acids is 1. The minimum Gasteiger partial charge on any atom is -0.497 e. The number of rotatable bonds is 3. The maximum absolute atomic E-state index is 12.1. The molecule has 112 valence electrons. The molecule has 0 bridgehead atoms.